The Morgan fingerprint density at radius 3 is 2.56 bits per heavy atom. The molecule has 2 aliphatic rings. The van der Waals surface area contributed by atoms with Gasteiger partial charge in [-0.2, -0.15) is 0 Å². The van der Waals surface area contributed by atoms with Gasteiger partial charge in [-0.05, 0) is 41.5 Å². The monoisotopic (exact) mass is 430 g/mol. The topological polar surface area (TPSA) is 76.7 Å². The fourth-order valence-corrected chi connectivity index (χ4v) is 3.77. The van der Waals surface area contributed by atoms with E-state index in [1.165, 1.54) is 6.07 Å². The van der Waals surface area contributed by atoms with Gasteiger partial charge in [0.2, 0.25) is 0 Å². The van der Waals surface area contributed by atoms with Crippen LogP contribution in [0, 0.1) is 5.82 Å². The van der Waals surface area contributed by atoms with E-state index in [0.717, 1.165) is 16.8 Å². The number of amides is 2. The molecular formula is C25H19FN2O4. The van der Waals surface area contributed by atoms with Crippen LogP contribution in [0.3, 0.4) is 0 Å². The van der Waals surface area contributed by atoms with Gasteiger partial charge in [-0.15, -0.1) is 0 Å². The standard InChI is InChI=1S/C25H19FN2O4/c26-22-13-18(10-7-16(22)12-19-14-27-25(30)32-19)31-17-8-5-15(6-9-17)11-21-20-3-1-2-4-23(20)28-24(21)29/h1-11,13,19H,12,14H2,(H,27,30)(H,28,29)/b21-11+. The molecule has 160 valence electrons. The minimum Gasteiger partial charge on any atom is -0.457 e. The lowest BCUT2D eigenvalue weighted by Crippen LogP contribution is -2.17. The Morgan fingerprint density at radius 2 is 1.81 bits per heavy atom. The smallest absolute Gasteiger partial charge is 0.407 e. The Hall–Kier alpha value is -4.13. The third kappa shape index (κ3) is 4.05. The Kier molecular flexibility index (Phi) is 5.07. The minimum absolute atomic E-state index is 0.134. The van der Waals surface area contributed by atoms with Crippen LogP contribution in [0.15, 0.2) is 66.7 Å². The van der Waals surface area contributed by atoms with Crippen molar-refractivity contribution in [3.8, 4) is 11.5 Å². The van der Waals surface area contributed by atoms with Gasteiger partial charge in [-0.3, -0.25) is 4.79 Å². The number of hydrogen-bond acceptors (Lipinski definition) is 4. The van der Waals surface area contributed by atoms with Crippen molar-refractivity contribution in [1.29, 1.82) is 0 Å². The van der Waals surface area contributed by atoms with Crippen molar-refractivity contribution < 1.29 is 23.5 Å². The van der Waals surface area contributed by atoms with Gasteiger partial charge in [0.15, 0.2) is 0 Å². The number of nitrogens with one attached hydrogen (secondary N) is 2. The summed E-state index contributed by atoms with van der Waals surface area (Å²) in [6, 6.07) is 19.4. The molecule has 1 atom stereocenters. The molecule has 2 N–H and O–H groups in total. The number of benzene rings is 3. The molecule has 6 nitrogen and oxygen atoms in total. The number of hydrogen-bond donors (Lipinski definition) is 2. The maximum absolute atomic E-state index is 14.5. The zero-order valence-electron chi connectivity index (χ0n) is 16.9. The molecule has 1 unspecified atom stereocenters. The molecule has 0 saturated carbocycles. The van der Waals surface area contributed by atoms with Crippen molar-refractivity contribution in [2.24, 2.45) is 0 Å². The lowest BCUT2D eigenvalue weighted by Gasteiger charge is -2.11. The average molecular weight is 430 g/mol. The maximum Gasteiger partial charge on any atom is 0.407 e. The highest BCUT2D eigenvalue weighted by molar-refractivity contribution is 6.34. The first-order valence-corrected chi connectivity index (χ1v) is 10.2. The van der Waals surface area contributed by atoms with Crippen molar-refractivity contribution >= 4 is 29.3 Å². The summed E-state index contributed by atoms with van der Waals surface area (Å²) in [5.41, 5.74) is 3.58. The number of rotatable bonds is 5. The maximum atomic E-state index is 14.5. The molecule has 0 aromatic heterocycles. The van der Waals surface area contributed by atoms with Gasteiger partial charge in [0.1, 0.15) is 23.4 Å². The lowest BCUT2D eigenvalue weighted by atomic mass is 10.0. The van der Waals surface area contributed by atoms with E-state index in [4.69, 9.17) is 9.47 Å². The van der Waals surface area contributed by atoms with Crippen LogP contribution in [0.2, 0.25) is 0 Å². The van der Waals surface area contributed by atoms with E-state index >= 15 is 0 Å². The highest BCUT2D eigenvalue weighted by Crippen LogP contribution is 2.33. The first-order valence-electron chi connectivity index (χ1n) is 10.2. The fraction of sp³-hybridized carbons (Fsp3) is 0.120. The number of carbonyl (C=O) groups is 2. The molecular weight excluding hydrogens is 411 g/mol. The largest absolute Gasteiger partial charge is 0.457 e. The van der Waals surface area contributed by atoms with Crippen molar-refractivity contribution in [3.63, 3.8) is 0 Å². The number of ether oxygens (including phenoxy) is 2. The van der Waals surface area contributed by atoms with E-state index in [1.807, 2.05) is 42.5 Å². The molecule has 0 bridgehead atoms. The predicted molar refractivity (Wildman–Crippen MR) is 118 cm³/mol. The minimum atomic E-state index is -0.479. The Labute approximate surface area is 183 Å². The molecule has 3 aromatic rings. The second kappa shape index (κ2) is 8.19. The van der Waals surface area contributed by atoms with E-state index in [9.17, 15) is 14.0 Å². The van der Waals surface area contributed by atoms with Crippen LogP contribution in [0.25, 0.3) is 11.6 Å². The third-order valence-corrected chi connectivity index (χ3v) is 5.36. The van der Waals surface area contributed by atoms with Crippen LogP contribution in [0.1, 0.15) is 16.7 Å². The Bertz CT molecular complexity index is 1240. The number of carbonyl (C=O) groups excluding carboxylic acids is 2. The van der Waals surface area contributed by atoms with Gasteiger partial charge in [-0.1, -0.05) is 36.4 Å². The van der Waals surface area contributed by atoms with Gasteiger partial charge in [0.25, 0.3) is 5.91 Å². The third-order valence-electron chi connectivity index (χ3n) is 5.36. The van der Waals surface area contributed by atoms with Crippen LogP contribution < -0.4 is 15.4 Å². The van der Waals surface area contributed by atoms with Crippen LogP contribution in [-0.4, -0.2) is 24.6 Å². The van der Waals surface area contributed by atoms with Crippen LogP contribution in [0.4, 0.5) is 14.9 Å². The van der Waals surface area contributed by atoms with Gasteiger partial charge in [0, 0.05) is 29.3 Å². The summed E-state index contributed by atoms with van der Waals surface area (Å²) < 4.78 is 25.3. The summed E-state index contributed by atoms with van der Waals surface area (Å²) in [7, 11) is 0. The summed E-state index contributed by atoms with van der Waals surface area (Å²) in [4.78, 5) is 23.4. The number of anilines is 1. The van der Waals surface area contributed by atoms with E-state index in [-0.39, 0.29) is 12.0 Å². The zero-order chi connectivity index (χ0) is 22.1. The molecule has 2 aliphatic heterocycles. The normalized spacial score (nSPS) is 18.2. The first-order chi connectivity index (χ1) is 15.5. The number of fused-ring (bicyclic) bond motifs is 1. The molecule has 0 spiro atoms. The van der Waals surface area contributed by atoms with Gasteiger partial charge in [-0.25, -0.2) is 9.18 Å². The molecule has 2 amide bonds. The average Bonchev–Trinajstić information content (AvgIpc) is 3.34. The molecule has 0 aliphatic carbocycles. The molecule has 1 fully saturated rings. The van der Waals surface area contributed by atoms with E-state index in [2.05, 4.69) is 10.6 Å². The summed E-state index contributed by atoms with van der Waals surface area (Å²) >= 11 is 0. The van der Waals surface area contributed by atoms with E-state index in [0.29, 0.717) is 35.6 Å². The van der Waals surface area contributed by atoms with Gasteiger partial charge < -0.3 is 20.1 Å². The van der Waals surface area contributed by atoms with Crippen LogP contribution in [0.5, 0.6) is 11.5 Å². The van der Waals surface area contributed by atoms with Crippen LogP contribution >= 0.6 is 0 Å². The zero-order valence-corrected chi connectivity index (χ0v) is 16.9. The van der Waals surface area contributed by atoms with E-state index in [1.54, 1.807) is 24.3 Å². The number of halogens is 1. The first kappa shape index (κ1) is 19.8. The summed E-state index contributed by atoms with van der Waals surface area (Å²) in [6.45, 7) is 0.367. The molecule has 0 radical (unpaired) electrons. The highest BCUT2D eigenvalue weighted by Gasteiger charge is 2.24. The second-order valence-electron chi connectivity index (χ2n) is 7.59. The van der Waals surface area contributed by atoms with Crippen molar-refractivity contribution in [2.75, 3.05) is 11.9 Å². The molecule has 7 heteroatoms. The van der Waals surface area contributed by atoms with Gasteiger partial charge in [0.05, 0.1) is 6.54 Å². The summed E-state index contributed by atoms with van der Waals surface area (Å²) in [5.74, 6) is 0.357. The van der Waals surface area contributed by atoms with Crippen molar-refractivity contribution in [3.05, 3.63) is 89.2 Å². The summed E-state index contributed by atoms with van der Waals surface area (Å²) in [5, 5.41) is 5.40. The summed E-state index contributed by atoms with van der Waals surface area (Å²) in [6.07, 6.45) is 1.27. The molecule has 2 heterocycles. The second-order valence-corrected chi connectivity index (χ2v) is 7.59. The number of cyclic esters (lactones) is 1. The van der Waals surface area contributed by atoms with Crippen molar-refractivity contribution in [1.82, 2.24) is 5.32 Å². The SMILES string of the molecule is O=C1NCC(Cc2ccc(Oc3ccc(/C=C4/C(=O)Nc5ccccc54)cc3)cc2F)O1. The van der Waals surface area contributed by atoms with Gasteiger partial charge >= 0.3 is 6.09 Å². The quantitative estimate of drug-likeness (QED) is 0.572. The Balaban J connectivity index is 1.28. The lowest BCUT2D eigenvalue weighted by molar-refractivity contribution is -0.110. The highest BCUT2D eigenvalue weighted by atomic mass is 19.1. The fourth-order valence-electron chi connectivity index (χ4n) is 3.77. The molecule has 1 saturated heterocycles. The molecule has 5 rings (SSSR count). The predicted octanol–water partition coefficient (Wildman–Crippen LogP) is 4.76. The Morgan fingerprint density at radius 1 is 1.03 bits per heavy atom. The number of para-hydroxylation sites is 1. The van der Waals surface area contributed by atoms with Crippen molar-refractivity contribution in [2.45, 2.75) is 12.5 Å². The number of alkyl carbamates (subject to hydrolysis) is 1. The molecule has 3 aromatic carbocycles. The molecule has 32 heavy (non-hydrogen) atoms. The van der Waals surface area contributed by atoms with E-state index < -0.39 is 11.9 Å². The van der Waals surface area contributed by atoms with Crippen LogP contribution in [-0.2, 0) is 16.0 Å².